The number of benzene rings is 1. The highest BCUT2D eigenvalue weighted by atomic mass is 16.6. The molecule has 0 atom stereocenters. The van der Waals surface area contributed by atoms with Gasteiger partial charge in [0.05, 0.1) is 40.5 Å². The lowest BCUT2D eigenvalue weighted by molar-refractivity contribution is -0.384. The number of methoxy groups -OCH3 is 1. The maximum Gasteiger partial charge on any atom is 0.339 e. The number of carbonyl (C=O) groups is 1. The normalized spacial score (nSPS) is 20.6. The molecule has 12 nitrogen and oxygen atoms in total. The van der Waals surface area contributed by atoms with Crippen LogP contribution in [0.15, 0.2) is 47.5 Å². The molecule has 2 bridgehead atoms. The molecule has 1 aromatic carbocycles. The van der Waals surface area contributed by atoms with E-state index in [1.165, 1.54) is 30.0 Å². The number of aryl methyl sites for hydroxylation is 2. The molecule has 2 saturated heterocycles. The fourth-order valence-corrected chi connectivity index (χ4v) is 5.98. The Kier molecular flexibility index (Phi) is 7.61. The van der Waals surface area contributed by atoms with Crippen molar-refractivity contribution in [3.63, 3.8) is 0 Å². The van der Waals surface area contributed by atoms with E-state index in [-0.39, 0.29) is 27.3 Å². The van der Waals surface area contributed by atoms with Crippen LogP contribution in [0.1, 0.15) is 36.0 Å². The fourth-order valence-electron chi connectivity index (χ4n) is 5.98. The zero-order chi connectivity index (χ0) is 28.4. The van der Waals surface area contributed by atoms with Gasteiger partial charge in [-0.15, -0.1) is 0 Å². The van der Waals surface area contributed by atoms with E-state index in [0.29, 0.717) is 41.8 Å². The summed E-state index contributed by atoms with van der Waals surface area (Å²) in [6, 6.07) is 8.32. The van der Waals surface area contributed by atoms with Crippen molar-refractivity contribution in [3.05, 3.63) is 68.8 Å². The van der Waals surface area contributed by atoms with E-state index in [1.54, 1.807) is 37.1 Å². The van der Waals surface area contributed by atoms with Crippen molar-refractivity contribution in [2.24, 2.45) is 20.0 Å². The number of carbonyl (C=O) groups excluding carboxylic acids is 1. The number of nitro benzene ring substituents is 1. The zero-order valence-corrected chi connectivity index (χ0v) is 23.0. The molecule has 6 rings (SSSR count). The predicted molar refractivity (Wildman–Crippen MR) is 149 cm³/mol. The number of para-hydroxylation sites is 2. The van der Waals surface area contributed by atoms with Gasteiger partial charge < -0.3 is 19.4 Å². The Bertz CT molecular complexity index is 1470. The predicted octanol–water partition coefficient (Wildman–Crippen LogP) is 3.22. The summed E-state index contributed by atoms with van der Waals surface area (Å²) in [4.78, 5) is 38.7. The lowest BCUT2D eigenvalue weighted by Gasteiger charge is -2.39. The lowest BCUT2D eigenvalue weighted by Crippen LogP contribution is -2.48. The molecule has 40 heavy (non-hydrogen) atoms. The number of fused-ring (bicyclic) bond motifs is 4. The van der Waals surface area contributed by atoms with Crippen LogP contribution in [0.2, 0.25) is 0 Å². The SMILES string of the molecule is COC(=O)c1cc(-c2cnn(C)c2OCCN2CC3CCC(Nc4ccccc4[N+](=O)[O-])(CC3)C2)c(=O)n(C)c1. The molecule has 212 valence electrons. The monoisotopic (exact) mass is 550 g/mol. The largest absolute Gasteiger partial charge is 0.476 e. The average Bonchev–Trinajstić information content (AvgIpc) is 3.10. The van der Waals surface area contributed by atoms with Crippen LogP contribution < -0.4 is 15.6 Å². The Morgan fingerprint density at radius 1 is 1.23 bits per heavy atom. The molecule has 0 amide bonds. The van der Waals surface area contributed by atoms with Crippen LogP contribution in [0.25, 0.3) is 11.1 Å². The first-order chi connectivity index (χ1) is 19.2. The Morgan fingerprint density at radius 3 is 2.70 bits per heavy atom. The van der Waals surface area contributed by atoms with Crippen molar-refractivity contribution in [1.29, 1.82) is 0 Å². The molecular formula is C28H34N6O6. The van der Waals surface area contributed by atoms with Gasteiger partial charge in [-0.2, -0.15) is 5.10 Å². The molecule has 3 aliphatic rings. The standard InChI is InChI=1S/C28H34N6O6/c1-31-17-20(27(36)39-3)14-21(25(31)35)22-15-29-32(2)26(22)40-13-12-33-16-19-8-10-28(18-33,11-9-19)30-23-6-4-5-7-24(23)34(37)38/h4-7,14-15,17,19,30H,8-13,16,18H2,1-3H3. The van der Waals surface area contributed by atoms with E-state index in [4.69, 9.17) is 9.47 Å². The van der Waals surface area contributed by atoms with Crippen LogP contribution in [0.4, 0.5) is 11.4 Å². The number of nitro groups is 1. The summed E-state index contributed by atoms with van der Waals surface area (Å²) in [5, 5.41) is 19.5. The van der Waals surface area contributed by atoms with E-state index >= 15 is 0 Å². The van der Waals surface area contributed by atoms with Gasteiger partial charge in [0.1, 0.15) is 12.3 Å². The van der Waals surface area contributed by atoms with Crippen molar-refractivity contribution in [3.8, 4) is 17.0 Å². The molecule has 12 heteroatoms. The maximum atomic E-state index is 12.9. The van der Waals surface area contributed by atoms with Crippen molar-refractivity contribution in [1.82, 2.24) is 19.2 Å². The highest BCUT2D eigenvalue weighted by Gasteiger charge is 2.41. The number of pyridine rings is 1. The van der Waals surface area contributed by atoms with Gasteiger partial charge in [-0.3, -0.25) is 19.8 Å². The van der Waals surface area contributed by atoms with Crippen molar-refractivity contribution < 1.29 is 19.2 Å². The van der Waals surface area contributed by atoms with E-state index < -0.39 is 5.97 Å². The van der Waals surface area contributed by atoms with Gasteiger partial charge in [0.25, 0.3) is 11.2 Å². The van der Waals surface area contributed by atoms with Gasteiger partial charge >= 0.3 is 5.97 Å². The Morgan fingerprint density at radius 2 is 1.98 bits per heavy atom. The van der Waals surface area contributed by atoms with Crippen LogP contribution in [0.5, 0.6) is 5.88 Å². The van der Waals surface area contributed by atoms with Gasteiger partial charge in [0.15, 0.2) is 0 Å². The molecule has 0 radical (unpaired) electrons. The molecule has 4 heterocycles. The quantitative estimate of drug-likeness (QED) is 0.242. The van der Waals surface area contributed by atoms with Crippen molar-refractivity contribution in [2.45, 2.75) is 31.2 Å². The van der Waals surface area contributed by atoms with Crippen molar-refractivity contribution >= 4 is 17.3 Å². The Hall–Kier alpha value is -4.19. The minimum absolute atomic E-state index is 0.0873. The number of anilines is 1. The molecule has 3 aromatic rings. The molecule has 2 aromatic heterocycles. The topological polar surface area (TPSA) is 134 Å². The summed E-state index contributed by atoms with van der Waals surface area (Å²) < 4.78 is 14.0. The van der Waals surface area contributed by atoms with E-state index in [1.807, 2.05) is 6.07 Å². The summed E-state index contributed by atoms with van der Waals surface area (Å²) in [5.74, 6) is 0.464. The first kappa shape index (κ1) is 27.4. The van der Waals surface area contributed by atoms with Gasteiger partial charge in [0, 0.05) is 46.0 Å². The number of nitrogens with zero attached hydrogens (tertiary/aromatic N) is 5. The maximum absolute atomic E-state index is 12.9. The molecular weight excluding hydrogens is 516 g/mol. The smallest absolute Gasteiger partial charge is 0.339 e. The number of nitrogens with one attached hydrogen (secondary N) is 1. The number of hydrogen-bond acceptors (Lipinski definition) is 9. The number of rotatable bonds is 9. The van der Waals surface area contributed by atoms with Crippen LogP contribution in [-0.2, 0) is 18.8 Å². The first-order valence-corrected chi connectivity index (χ1v) is 13.4. The van der Waals surface area contributed by atoms with Crippen LogP contribution >= 0.6 is 0 Å². The summed E-state index contributed by atoms with van der Waals surface area (Å²) in [6.07, 6.45) is 7.04. The number of ether oxygens (including phenoxy) is 2. The minimum Gasteiger partial charge on any atom is -0.476 e. The second kappa shape index (κ2) is 11.1. The summed E-state index contributed by atoms with van der Waals surface area (Å²) in [5.41, 5.74) is 1.16. The highest BCUT2D eigenvalue weighted by molar-refractivity contribution is 5.90. The van der Waals surface area contributed by atoms with E-state index in [9.17, 15) is 19.7 Å². The first-order valence-electron chi connectivity index (χ1n) is 13.4. The van der Waals surface area contributed by atoms with Crippen LogP contribution in [0.3, 0.4) is 0 Å². The number of esters is 1. The molecule has 1 N–H and O–H groups in total. The second-order valence-corrected chi connectivity index (χ2v) is 10.7. The van der Waals surface area contributed by atoms with Gasteiger partial charge in [0.2, 0.25) is 5.88 Å². The third-order valence-corrected chi connectivity index (χ3v) is 8.03. The summed E-state index contributed by atoms with van der Waals surface area (Å²) in [7, 11) is 4.61. The summed E-state index contributed by atoms with van der Waals surface area (Å²) >= 11 is 0. The third-order valence-electron chi connectivity index (χ3n) is 8.03. The van der Waals surface area contributed by atoms with E-state index in [2.05, 4.69) is 15.3 Å². The Labute approximate surface area is 231 Å². The molecule has 1 aliphatic carbocycles. The van der Waals surface area contributed by atoms with Gasteiger partial charge in [-0.25, -0.2) is 9.48 Å². The van der Waals surface area contributed by atoms with Crippen LogP contribution in [0, 0.1) is 16.0 Å². The molecule has 2 aliphatic heterocycles. The van der Waals surface area contributed by atoms with Gasteiger partial charge in [-0.1, -0.05) is 12.1 Å². The average molecular weight is 551 g/mol. The number of hydrogen-bond donors (Lipinski definition) is 1. The van der Waals surface area contributed by atoms with Gasteiger partial charge in [-0.05, 0) is 43.7 Å². The highest BCUT2D eigenvalue weighted by Crippen LogP contribution is 2.40. The molecule has 0 unspecified atom stereocenters. The molecule has 1 saturated carbocycles. The minimum atomic E-state index is -0.539. The summed E-state index contributed by atoms with van der Waals surface area (Å²) in [6.45, 7) is 2.68. The molecule has 0 spiro atoms. The number of aromatic nitrogens is 3. The molecule has 3 fully saturated rings. The Balaban J connectivity index is 1.32. The fraction of sp³-hybridized carbons (Fsp3) is 0.464. The van der Waals surface area contributed by atoms with E-state index in [0.717, 1.165) is 38.8 Å². The zero-order valence-electron chi connectivity index (χ0n) is 23.0. The lowest BCUT2D eigenvalue weighted by atomic mass is 9.78. The second-order valence-electron chi connectivity index (χ2n) is 10.7. The third kappa shape index (κ3) is 5.44. The van der Waals surface area contributed by atoms with Crippen molar-refractivity contribution in [2.75, 3.05) is 38.7 Å². The van der Waals surface area contributed by atoms with Crippen LogP contribution in [-0.4, -0.2) is 69.0 Å².